The van der Waals surface area contributed by atoms with Gasteiger partial charge in [-0.1, -0.05) is 25.1 Å². The number of hydrogen-bond acceptors (Lipinski definition) is 4. The molecule has 0 aliphatic carbocycles. The molecule has 3 heterocycles. The maximum Gasteiger partial charge on any atom is 0.416 e. The van der Waals surface area contributed by atoms with Crippen LogP contribution < -0.4 is 0 Å². The summed E-state index contributed by atoms with van der Waals surface area (Å²) in [5.41, 5.74) is 3.69. The Kier molecular flexibility index (Phi) is 5.70. The first kappa shape index (κ1) is 23.5. The van der Waals surface area contributed by atoms with E-state index < -0.39 is 11.7 Å². The van der Waals surface area contributed by atoms with Crippen LogP contribution in [0.1, 0.15) is 57.4 Å². The highest BCUT2D eigenvalue weighted by Gasteiger charge is 2.40. The third-order valence-electron chi connectivity index (χ3n) is 6.77. The number of halogens is 3. The summed E-state index contributed by atoms with van der Waals surface area (Å²) in [6.07, 6.45) is -3.67. The fourth-order valence-corrected chi connectivity index (χ4v) is 5.63. The number of thiazole rings is 1. The number of fused-ring (bicyclic) bond motifs is 1. The Balaban J connectivity index is 1.52. The summed E-state index contributed by atoms with van der Waals surface area (Å²) in [5, 5.41) is 0.800. The third-order valence-corrected chi connectivity index (χ3v) is 7.79. The van der Waals surface area contributed by atoms with Crippen LogP contribution >= 0.6 is 11.3 Å². The fourth-order valence-electron chi connectivity index (χ4n) is 4.72. The summed E-state index contributed by atoms with van der Waals surface area (Å²) >= 11 is 1.49. The minimum absolute atomic E-state index is 0.0893. The number of H-pyrrole nitrogens is 1. The number of benzene rings is 2. The van der Waals surface area contributed by atoms with Gasteiger partial charge >= 0.3 is 6.18 Å². The molecule has 9 heteroatoms. The molecule has 1 amide bonds. The van der Waals surface area contributed by atoms with Gasteiger partial charge < -0.3 is 9.88 Å². The van der Waals surface area contributed by atoms with Crippen molar-refractivity contribution in [1.29, 1.82) is 0 Å². The van der Waals surface area contributed by atoms with E-state index in [1.165, 1.54) is 23.0 Å². The summed E-state index contributed by atoms with van der Waals surface area (Å²) in [6.45, 7) is 8.53. The number of aromatic nitrogens is 3. The number of aryl methyl sites for hydroxylation is 3. The molecule has 5 nitrogen and oxygen atoms in total. The van der Waals surface area contributed by atoms with Crippen LogP contribution in [0.2, 0.25) is 0 Å². The van der Waals surface area contributed by atoms with Crippen molar-refractivity contribution < 1.29 is 18.0 Å². The topological polar surface area (TPSA) is 61.9 Å². The summed E-state index contributed by atoms with van der Waals surface area (Å²) in [5.74, 6) is 0.400. The number of likely N-dealkylation sites (tertiary alicyclic amines) is 1. The van der Waals surface area contributed by atoms with Crippen molar-refractivity contribution >= 4 is 28.3 Å². The largest absolute Gasteiger partial charge is 0.416 e. The zero-order valence-corrected chi connectivity index (χ0v) is 20.6. The van der Waals surface area contributed by atoms with Crippen molar-refractivity contribution in [3.8, 4) is 10.4 Å². The van der Waals surface area contributed by atoms with Crippen LogP contribution in [0.3, 0.4) is 0 Å². The lowest BCUT2D eigenvalue weighted by Crippen LogP contribution is -2.33. The maximum atomic E-state index is 13.8. The lowest BCUT2D eigenvalue weighted by atomic mass is 10.0. The number of amides is 1. The number of imidazole rings is 1. The van der Waals surface area contributed by atoms with Crippen LogP contribution in [-0.2, 0) is 6.18 Å². The molecule has 2 aromatic carbocycles. The molecular formula is C26H25F3N4OS. The Morgan fingerprint density at radius 2 is 1.86 bits per heavy atom. The minimum Gasteiger partial charge on any atom is -0.340 e. The van der Waals surface area contributed by atoms with Crippen LogP contribution in [0.25, 0.3) is 21.5 Å². The van der Waals surface area contributed by atoms with Crippen molar-refractivity contribution in [3.05, 3.63) is 69.6 Å². The SMILES string of the molecule is Cc1nc(C(=O)N2CC[C@H](C)[C@H]2c2nc3ccc(C(F)(F)F)cc3[nH]2)c(-c2ccc(C)c(C)c2)s1. The Labute approximate surface area is 205 Å². The van der Waals surface area contributed by atoms with E-state index in [9.17, 15) is 18.0 Å². The van der Waals surface area contributed by atoms with Gasteiger partial charge in [-0.3, -0.25) is 4.79 Å². The van der Waals surface area contributed by atoms with Gasteiger partial charge in [-0.05, 0) is 68.0 Å². The zero-order valence-electron chi connectivity index (χ0n) is 19.8. The van der Waals surface area contributed by atoms with Crippen molar-refractivity contribution in [2.45, 2.75) is 46.3 Å². The summed E-state index contributed by atoms with van der Waals surface area (Å²) in [6, 6.07) is 9.21. The normalized spacial score (nSPS) is 18.5. The molecule has 0 saturated carbocycles. The van der Waals surface area contributed by atoms with E-state index in [1.54, 1.807) is 4.90 Å². The van der Waals surface area contributed by atoms with Crippen molar-refractivity contribution in [1.82, 2.24) is 19.9 Å². The van der Waals surface area contributed by atoms with Crippen LogP contribution in [0.4, 0.5) is 13.2 Å². The van der Waals surface area contributed by atoms with Gasteiger partial charge in [0.2, 0.25) is 0 Å². The summed E-state index contributed by atoms with van der Waals surface area (Å²) < 4.78 is 39.5. The molecule has 35 heavy (non-hydrogen) atoms. The Morgan fingerprint density at radius 3 is 2.57 bits per heavy atom. The van der Waals surface area contributed by atoms with Gasteiger partial charge in [-0.25, -0.2) is 9.97 Å². The molecule has 1 fully saturated rings. The van der Waals surface area contributed by atoms with Crippen LogP contribution in [0, 0.1) is 26.7 Å². The molecular weight excluding hydrogens is 473 g/mol. The molecule has 1 aliphatic heterocycles. The second-order valence-electron chi connectivity index (χ2n) is 9.27. The maximum absolute atomic E-state index is 13.8. The second kappa shape index (κ2) is 8.48. The van der Waals surface area contributed by atoms with E-state index in [4.69, 9.17) is 0 Å². The van der Waals surface area contributed by atoms with E-state index in [1.807, 2.05) is 39.8 Å². The first-order valence-corrected chi connectivity index (χ1v) is 12.3. The molecule has 0 radical (unpaired) electrons. The predicted molar refractivity (Wildman–Crippen MR) is 130 cm³/mol. The molecule has 4 aromatic rings. The Hall–Kier alpha value is -3.20. The zero-order chi connectivity index (χ0) is 25.1. The number of rotatable bonds is 3. The number of aromatic amines is 1. The Morgan fingerprint density at radius 1 is 1.09 bits per heavy atom. The summed E-state index contributed by atoms with van der Waals surface area (Å²) in [4.78, 5) is 28.6. The summed E-state index contributed by atoms with van der Waals surface area (Å²) in [7, 11) is 0. The molecule has 0 unspecified atom stereocenters. The Bertz CT molecular complexity index is 1440. The van der Waals surface area contributed by atoms with Crippen molar-refractivity contribution in [2.24, 2.45) is 5.92 Å². The number of carbonyl (C=O) groups is 1. The van der Waals surface area contributed by atoms with E-state index in [0.717, 1.165) is 39.6 Å². The van der Waals surface area contributed by atoms with Gasteiger partial charge in [-0.15, -0.1) is 11.3 Å². The number of alkyl halides is 3. The molecule has 0 bridgehead atoms. The fraction of sp³-hybridized carbons (Fsp3) is 0.346. The molecule has 1 saturated heterocycles. The van der Waals surface area contributed by atoms with E-state index in [-0.39, 0.29) is 17.9 Å². The van der Waals surface area contributed by atoms with Crippen molar-refractivity contribution in [2.75, 3.05) is 6.54 Å². The van der Waals surface area contributed by atoms with E-state index in [0.29, 0.717) is 29.1 Å². The average Bonchev–Trinajstić information content (AvgIpc) is 3.49. The molecule has 2 atom stereocenters. The second-order valence-corrected chi connectivity index (χ2v) is 10.5. The highest BCUT2D eigenvalue weighted by Crippen LogP contribution is 2.40. The predicted octanol–water partition coefficient (Wildman–Crippen LogP) is 6.85. The van der Waals surface area contributed by atoms with Gasteiger partial charge in [0, 0.05) is 6.54 Å². The lowest BCUT2D eigenvalue weighted by Gasteiger charge is -2.25. The van der Waals surface area contributed by atoms with Gasteiger partial charge in [-0.2, -0.15) is 13.2 Å². The lowest BCUT2D eigenvalue weighted by molar-refractivity contribution is -0.137. The number of hydrogen-bond donors (Lipinski definition) is 1. The van der Waals surface area contributed by atoms with E-state index >= 15 is 0 Å². The van der Waals surface area contributed by atoms with Gasteiger partial charge in [0.05, 0.1) is 32.5 Å². The highest BCUT2D eigenvalue weighted by atomic mass is 32.1. The molecule has 1 N–H and O–H groups in total. The number of nitrogens with zero attached hydrogens (tertiary/aromatic N) is 3. The molecule has 0 spiro atoms. The van der Waals surface area contributed by atoms with Gasteiger partial charge in [0.1, 0.15) is 11.5 Å². The smallest absolute Gasteiger partial charge is 0.340 e. The van der Waals surface area contributed by atoms with Crippen LogP contribution in [-0.4, -0.2) is 32.3 Å². The minimum atomic E-state index is -4.44. The molecule has 2 aromatic heterocycles. The third kappa shape index (κ3) is 4.22. The van der Waals surface area contributed by atoms with Gasteiger partial charge in [0.15, 0.2) is 0 Å². The van der Waals surface area contributed by atoms with Crippen molar-refractivity contribution in [3.63, 3.8) is 0 Å². The highest BCUT2D eigenvalue weighted by molar-refractivity contribution is 7.15. The van der Waals surface area contributed by atoms with Crippen LogP contribution in [0.15, 0.2) is 36.4 Å². The number of carbonyl (C=O) groups excluding carboxylic acids is 1. The monoisotopic (exact) mass is 498 g/mol. The van der Waals surface area contributed by atoms with Gasteiger partial charge in [0.25, 0.3) is 5.91 Å². The first-order valence-electron chi connectivity index (χ1n) is 11.5. The quantitative estimate of drug-likeness (QED) is 0.336. The molecule has 182 valence electrons. The molecule has 1 aliphatic rings. The first-order chi connectivity index (χ1) is 16.5. The number of nitrogens with one attached hydrogen (secondary N) is 1. The van der Waals surface area contributed by atoms with Crippen LogP contribution in [0.5, 0.6) is 0 Å². The standard InChI is InChI=1S/C26H25F3N4OS/c1-13-5-6-17(11-15(13)3)23-21(30-16(4)35-23)25(34)33-10-9-14(2)22(33)24-31-19-8-7-18(26(27,28)29)12-20(19)32-24/h5-8,11-12,14,22H,9-10H2,1-4H3,(H,31,32)/t14-,22-/m0/s1. The molecule has 5 rings (SSSR count). The average molecular weight is 499 g/mol. The van der Waals surface area contributed by atoms with E-state index in [2.05, 4.69) is 21.0 Å².